The normalized spacial score (nSPS) is 13.7. The zero-order chi connectivity index (χ0) is 15.4. The minimum absolute atomic E-state index is 0.00348. The van der Waals surface area contributed by atoms with Crippen molar-refractivity contribution in [2.24, 2.45) is 0 Å². The lowest BCUT2D eigenvalue weighted by Crippen LogP contribution is -2.20. The molecule has 1 aliphatic heterocycles. The van der Waals surface area contributed by atoms with Crippen LogP contribution in [-0.2, 0) is 22.6 Å². The molecule has 22 heavy (non-hydrogen) atoms. The zero-order valence-corrected chi connectivity index (χ0v) is 12.7. The number of pyridine rings is 1. The number of fused-ring (bicyclic) bond motifs is 1. The number of aromatic nitrogens is 1. The van der Waals surface area contributed by atoms with Crippen molar-refractivity contribution in [3.63, 3.8) is 0 Å². The topological polar surface area (TPSA) is 71.1 Å². The summed E-state index contributed by atoms with van der Waals surface area (Å²) in [6.07, 6.45) is 6.03. The Morgan fingerprint density at radius 2 is 2.36 bits per heavy atom. The van der Waals surface area contributed by atoms with Gasteiger partial charge in [-0.25, -0.2) is 4.98 Å². The predicted octanol–water partition coefficient (Wildman–Crippen LogP) is 2.36. The molecule has 0 aliphatic carbocycles. The van der Waals surface area contributed by atoms with Crippen molar-refractivity contribution < 1.29 is 9.59 Å². The van der Waals surface area contributed by atoms with E-state index in [-0.39, 0.29) is 11.8 Å². The first-order valence-electron chi connectivity index (χ1n) is 6.98. The Balaban J connectivity index is 1.60. The SMILES string of the molecule is O=C(C=Cc1cnc2c(c1)CCC(=O)N2)NCc1cccs1. The van der Waals surface area contributed by atoms with Crippen molar-refractivity contribution in [1.82, 2.24) is 10.3 Å². The van der Waals surface area contributed by atoms with Crippen LogP contribution in [0.4, 0.5) is 5.82 Å². The van der Waals surface area contributed by atoms with Gasteiger partial charge < -0.3 is 10.6 Å². The van der Waals surface area contributed by atoms with Gasteiger partial charge in [0.25, 0.3) is 0 Å². The van der Waals surface area contributed by atoms with Crippen molar-refractivity contribution in [2.75, 3.05) is 5.32 Å². The summed E-state index contributed by atoms with van der Waals surface area (Å²) in [5.74, 6) is 0.478. The molecule has 3 heterocycles. The summed E-state index contributed by atoms with van der Waals surface area (Å²) < 4.78 is 0. The van der Waals surface area contributed by atoms with E-state index in [9.17, 15) is 9.59 Å². The molecule has 0 radical (unpaired) electrons. The fraction of sp³-hybridized carbons (Fsp3) is 0.188. The molecule has 0 saturated heterocycles. The number of hydrogen-bond acceptors (Lipinski definition) is 4. The van der Waals surface area contributed by atoms with Crippen molar-refractivity contribution in [2.45, 2.75) is 19.4 Å². The first-order chi connectivity index (χ1) is 10.7. The predicted molar refractivity (Wildman–Crippen MR) is 86.4 cm³/mol. The molecule has 2 aromatic heterocycles. The number of aryl methyl sites for hydroxylation is 1. The van der Waals surface area contributed by atoms with E-state index in [1.165, 1.54) is 6.08 Å². The maximum atomic E-state index is 11.8. The van der Waals surface area contributed by atoms with Crippen LogP contribution >= 0.6 is 11.3 Å². The maximum Gasteiger partial charge on any atom is 0.244 e. The van der Waals surface area contributed by atoms with Crippen LogP contribution in [0.1, 0.15) is 22.4 Å². The molecule has 0 unspecified atom stereocenters. The first-order valence-corrected chi connectivity index (χ1v) is 7.86. The lowest BCUT2D eigenvalue weighted by molar-refractivity contribution is -0.117. The third-order valence-electron chi connectivity index (χ3n) is 3.31. The van der Waals surface area contributed by atoms with Crippen LogP contribution in [0.5, 0.6) is 0 Å². The van der Waals surface area contributed by atoms with Crippen LogP contribution in [-0.4, -0.2) is 16.8 Å². The highest BCUT2D eigenvalue weighted by Gasteiger charge is 2.15. The van der Waals surface area contributed by atoms with Crippen LogP contribution in [0, 0.1) is 0 Å². The molecular weight excluding hydrogens is 298 g/mol. The van der Waals surface area contributed by atoms with Gasteiger partial charge in [0.1, 0.15) is 5.82 Å². The van der Waals surface area contributed by atoms with Gasteiger partial charge >= 0.3 is 0 Å². The molecular formula is C16H15N3O2S. The molecule has 6 heteroatoms. The zero-order valence-electron chi connectivity index (χ0n) is 11.8. The molecule has 0 atom stereocenters. The first kappa shape index (κ1) is 14.5. The molecule has 2 amide bonds. The smallest absolute Gasteiger partial charge is 0.244 e. The summed E-state index contributed by atoms with van der Waals surface area (Å²) in [6, 6.07) is 5.89. The minimum Gasteiger partial charge on any atom is -0.348 e. The van der Waals surface area contributed by atoms with Gasteiger partial charge in [-0.1, -0.05) is 6.07 Å². The van der Waals surface area contributed by atoms with Crippen LogP contribution in [0.2, 0.25) is 0 Å². The Labute approximate surface area is 132 Å². The third kappa shape index (κ3) is 3.59. The molecule has 0 bridgehead atoms. The van der Waals surface area contributed by atoms with E-state index >= 15 is 0 Å². The molecule has 1 aliphatic rings. The number of anilines is 1. The summed E-state index contributed by atoms with van der Waals surface area (Å²) >= 11 is 1.61. The van der Waals surface area contributed by atoms with Gasteiger partial charge in [-0.3, -0.25) is 9.59 Å². The number of amides is 2. The summed E-state index contributed by atoms with van der Waals surface area (Å²) in [5.41, 5.74) is 1.85. The van der Waals surface area contributed by atoms with Crippen LogP contribution < -0.4 is 10.6 Å². The van der Waals surface area contributed by atoms with Gasteiger partial charge in [-0.2, -0.15) is 0 Å². The Hall–Kier alpha value is -2.47. The average molecular weight is 313 g/mol. The van der Waals surface area contributed by atoms with Gasteiger partial charge in [0.15, 0.2) is 0 Å². The summed E-state index contributed by atoms with van der Waals surface area (Å²) in [7, 11) is 0. The second-order valence-corrected chi connectivity index (χ2v) is 5.99. The van der Waals surface area contributed by atoms with E-state index in [1.807, 2.05) is 23.6 Å². The second kappa shape index (κ2) is 6.53. The lowest BCUT2D eigenvalue weighted by atomic mass is 10.0. The molecule has 0 aromatic carbocycles. The van der Waals surface area contributed by atoms with E-state index in [1.54, 1.807) is 23.6 Å². The van der Waals surface area contributed by atoms with Crippen LogP contribution in [0.15, 0.2) is 35.9 Å². The summed E-state index contributed by atoms with van der Waals surface area (Å²) in [5, 5.41) is 7.55. The second-order valence-electron chi connectivity index (χ2n) is 4.96. The molecule has 2 N–H and O–H groups in total. The maximum absolute atomic E-state index is 11.8. The molecule has 112 valence electrons. The number of hydrogen-bond donors (Lipinski definition) is 2. The minimum atomic E-state index is -0.139. The number of thiophene rings is 1. The van der Waals surface area contributed by atoms with Crippen molar-refractivity contribution >= 4 is 35.0 Å². The van der Waals surface area contributed by atoms with Crippen LogP contribution in [0.3, 0.4) is 0 Å². The van der Waals surface area contributed by atoms with E-state index in [2.05, 4.69) is 15.6 Å². The number of nitrogens with one attached hydrogen (secondary N) is 2. The highest BCUT2D eigenvalue weighted by molar-refractivity contribution is 7.09. The quantitative estimate of drug-likeness (QED) is 0.851. The van der Waals surface area contributed by atoms with E-state index in [0.29, 0.717) is 25.2 Å². The number of carbonyl (C=O) groups excluding carboxylic acids is 2. The van der Waals surface area contributed by atoms with Crippen molar-refractivity contribution in [3.05, 3.63) is 51.9 Å². The molecule has 5 nitrogen and oxygen atoms in total. The fourth-order valence-corrected chi connectivity index (χ4v) is 2.83. The highest BCUT2D eigenvalue weighted by Crippen LogP contribution is 2.21. The lowest BCUT2D eigenvalue weighted by Gasteiger charge is -2.15. The average Bonchev–Trinajstić information content (AvgIpc) is 3.04. The fourth-order valence-electron chi connectivity index (χ4n) is 2.18. The molecule has 0 spiro atoms. The van der Waals surface area contributed by atoms with Crippen molar-refractivity contribution in [3.8, 4) is 0 Å². The van der Waals surface area contributed by atoms with E-state index in [0.717, 1.165) is 16.0 Å². The number of rotatable bonds is 4. The van der Waals surface area contributed by atoms with Crippen LogP contribution in [0.25, 0.3) is 6.08 Å². The van der Waals surface area contributed by atoms with E-state index in [4.69, 9.17) is 0 Å². The molecule has 0 fully saturated rings. The van der Waals surface area contributed by atoms with Crippen molar-refractivity contribution in [1.29, 1.82) is 0 Å². The Morgan fingerprint density at radius 3 is 3.18 bits per heavy atom. The van der Waals surface area contributed by atoms with Gasteiger partial charge in [-0.15, -0.1) is 11.3 Å². The summed E-state index contributed by atoms with van der Waals surface area (Å²) in [4.78, 5) is 28.4. The van der Waals surface area contributed by atoms with E-state index < -0.39 is 0 Å². The van der Waals surface area contributed by atoms with Gasteiger partial charge in [0.2, 0.25) is 11.8 Å². The standard InChI is InChI=1S/C16H15N3O2S/c20-14(17-10-13-2-1-7-22-13)5-3-11-8-12-4-6-15(21)19-16(12)18-9-11/h1-3,5,7-9H,4,6,10H2,(H,17,20)(H,18,19,21). The van der Waals surface area contributed by atoms with Gasteiger partial charge in [0.05, 0.1) is 6.54 Å². The van der Waals surface area contributed by atoms with Gasteiger partial charge in [-0.05, 0) is 41.1 Å². The third-order valence-corrected chi connectivity index (χ3v) is 4.19. The monoisotopic (exact) mass is 313 g/mol. The largest absolute Gasteiger partial charge is 0.348 e. The Kier molecular flexibility index (Phi) is 4.29. The Bertz CT molecular complexity index is 723. The highest BCUT2D eigenvalue weighted by atomic mass is 32.1. The molecule has 0 saturated carbocycles. The molecule has 2 aromatic rings. The summed E-state index contributed by atoms with van der Waals surface area (Å²) in [6.45, 7) is 0.537. The van der Waals surface area contributed by atoms with Gasteiger partial charge in [0, 0.05) is 23.6 Å². The number of carbonyl (C=O) groups is 2. The molecule has 3 rings (SSSR count). The Morgan fingerprint density at radius 1 is 1.45 bits per heavy atom. The number of nitrogens with zero attached hydrogens (tertiary/aromatic N) is 1.